The quantitative estimate of drug-likeness (QED) is 0.0672. The van der Waals surface area contributed by atoms with Crippen LogP contribution in [-0.2, 0) is 23.1 Å². The number of hydrogen-bond acceptors (Lipinski definition) is 7. The average Bonchev–Trinajstić information content (AvgIpc) is 2.78. The summed E-state index contributed by atoms with van der Waals surface area (Å²) in [6.07, 6.45) is 20.2. The number of aliphatic hydroxyl groups is 1. The van der Waals surface area contributed by atoms with Gasteiger partial charge in [0.1, 0.15) is 25.9 Å². The molecule has 0 spiro atoms. The second-order valence-electron chi connectivity index (χ2n) is 9.87. The van der Waals surface area contributed by atoms with E-state index in [1.807, 2.05) is 21.1 Å². The normalized spacial score (nSPS) is 15.0. The van der Waals surface area contributed by atoms with E-state index in [1.54, 1.807) is 0 Å². The third kappa shape index (κ3) is 24.5. The number of rotatable bonds is 23. The van der Waals surface area contributed by atoms with E-state index in [-0.39, 0.29) is 19.6 Å². The molecule has 2 atom stereocenters. The molecule has 0 amide bonds. The predicted molar refractivity (Wildman–Crippen MR) is 139 cm³/mol. The zero-order valence-electron chi connectivity index (χ0n) is 22.5. The topological polar surface area (TPSA) is 105 Å². The van der Waals surface area contributed by atoms with Crippen LogP contribution in [0.2, 0.25) is 0 Å². The Kier molecular flexibility index (Phi) is 20.5. The van der Waals surface area contributed by atoms with Crippen molar-refractivity contribution in [3.63, 3.8) is 0 Å². The number of unbranched alkanes of at least 4 members (excludes halogenated alkanes) is 8. The summed E-state index contributed by atoms with van der Waals surface area (Å²) in [4.78, 5) is 23.8. The minimum absolute atomic E-state index is 0.0327. The van der Waals surface area contributed by atoms with Crippen LogP contribution in [-0.4, -0.2) is 69.2 Å². The molecule has 0 aliphatic rings. The van der Waals surface area contributed by atoms with Gasteiger partial charge in [-0.1, -0.05) is 63.3 Å². The summed E-state index contributed by atoms with van der Waals surface area (Å²) in [5.74, 6) is -0.426. The van der Waals surface area contributed by atoms with E-state index in [0.29, 0.717) is 11.0 Å². The molecule has 0 aromatic rings. The highest BCUT2D eigenvalue weighted by atomic mass is 31.2. The molecule has 206 valence electrons. The number of allylic oxidation sites excluding steroid dienone is 4. The van der Waals surface area contributed by atoms with Crippen LogP contribution in [0.3, 0.4) is 0 Å². The van der Waals surface area contributed by atoms with Crippen molar-refractivity contribution in [2.75, 3.05) is 47.5 Å². The Hall–Kier alpha value is -1.02. The van der Waals surface area contributed by atoms with Crippen LogP contribution in [0, 0.1) is 0 Å². The minimum Gasteiger partial charge on any atom is -0.756 e. The van der Waals surface area contributed by atoms with E-state index in [0.717, 1.165) is 44.9 Å². The molecule has 35 heavy (non-hydrogen) atoms. The van der Waals surface area contributed by atoms with E-state index >= 15 is 0 Å². The molecule has 0 aromatic heterocycles. The van der Waals surface area contributed by atoms with Gasteiger partial charge in [0.25, 0.3) is 7.82 Å². The van der Waals surface area contributed by atoms with Crippen LogP contribution < -0.4 is 4.89 Å². The first-order valence-corrected chi connectivity index (χ1v) is 14.6. The number of aliphatic hydroxyl groups excluding tert-OH is 1. The average molecular weight is 520 g/mol. The lowest BCUT2D eigenvalue weighted by atomic mass is 10.1. The number of quaternary nitrogens is 1. The van der Waals surface area contributed by atoms with Crippen LogP contribution in [0.15, 0.2) is 24.3 Å². The summed E-state index contributed by atoms with van der Waals surface area (Å²) < 4.78 is 27.1. The van der Waals surface area contributed by atoms with Crippen molar-refractivity contribution in [1.82, 2.24) is 0 Å². The lowest BCUT2D eigenvalue weighted by Gasteiger charge is -2.29. The van der Waals surface area contributed by atoms with Crippen molar-refractivity contribution in [1.29, 1.82) is 0 Å². The van der Waals surface area contributed by atoms with Gasteiger partial charge in [-0.15, -0.1) is 0 Å². The van der Waals surface area contributed by atoms with Crippen molar-refractivity contribution in [3.05, 3.63) is 24.3 Å². The van der Waals surface area contributed by atoms with Gasteiger partial charge in [0.05, 0.1) is 27.7 Å². The van der Waals surface area contributed by atoms with Crippen LogP contribution >= 0.6 is 7.82 Å². The van der Waals surface area contributed by atoms with Crippen molar-refractivity contribution >= 4 is 13.8 Å². The van der Waals surface area contributed by atoms with Gasteiger partial charge in [0, 0.05) is 6.42 Å². The van der Waals surface area contributed by atoms with Crippen LogP contribution in [0.4, 0.5) is 0 Å². The Labute approximate surface area is 213 Å². The fourth-order valence-corrected chi connectivity index (χ4v) is 3.95. The number of nitrogens with zero attached hydrogens (tertiary/aromatic N) is 1. The standard InChI is InChI=1S/C26H50NO7P/c1-5-6-7-8-9-10-11-12-13-14-15-16-17-18-19-20-26(29)32-24-25(23-28)34-35(30,31)33-22-21-27(2,3)4/h9-10,12-13,25,28H,5-8,11,14-24H2,1-4H3/b10-9-,13-12-/t25-/m0/s1. The Morgan fingerprint density at radius 3 is 2.17 bits per heavy atom. The van der Waals surface area contributed by atoms with Gasteiger partial charge in [-0.25, -0.2) is 0 Å². The monoisotopic (exact) mass is 519 g/mol. The zero-order valence-corrected chi connectivity index (χ0v) is 23.4. The number of carbonyl (C=O) groups excluding carboxylic acids is 1. The maximum Gasteiger partial charge on any atom is 0.305 e. The predicted octanol–water partition coefficient (Wildman–Crippen LogP) is 4.91. The van der Waals surface area contributed by atoms with Gasteiger partial charge in [-0.05, 0) is 38.5 Å². The molecule has 0 bridgehead atoms. The Morgan fingerprint density at radius 2 is 1.57 bits per heavy atom. The molecule has 0 rings (SSSR count). The summed E-state index contributed by atoms with van der Waals surface area (Å²) >= 11 is 0. The van der Waals surface area contributed by atoms with E-state index < -0.39 is 26.5 Å². The van der Waals surface area contributed by atoms with E-state index in [9.17, 15) is 19.4 Å². The third-order valence-electron chi connectivity index (χ3n) is 5.26. The molecule has 0 aliphatic carbocycles. The third-order valence-corrected chi connectivity index (χ3v) is 6.31. The molecule has 0 aliphatic heterocycles. The second kappa shape index (κ2) is 21.1. The molecule has 0 saturated heterocycles. The largest absolute Gasteiger partial charge is 0.756 e. The maximum absolute atomic E-state index is 11.9. The first kappa shape index (κ1) is 34.0. The van der Waals surface area contributed by atoms with Crippen molar-refractivity contribution in [2.45, 2.75) is 90.1 Å². The molecule has 0 aromatic carbocycles. The van der Waals surface area contributed by atoms with Crippen LogP contribution in [0.1, 0.15) is 84.0 Å². The highest BCUT2D eigenvalue weighted by molar-refractivity contribution is 7.45. The molecule has 0 saturated carbocycles. The van der Waals surface area contributed by atoms with E-state index in [1.165, 1.54) is 25.7 Å². The molecule has 0 fully saturated rings. The zero-order chi connectivity index (χ0) is 26.4. The van der Waals surface area contributed by atoms with Gasteiger partial charge in [-0.3, -0.25) is 9.36 Å². The molecule has 9 heteroatoms. The van der Waals surface area contributed by atoms with Gasteiger partial charge in [0.15, 0.2) is 0 Å². The molecular weight excluding hydrogens is 469 g/mol. The number of phosphoric acid groups is 1. The fraction of sp³-hybridized carbons (Fsp3) is 0.808. The summed E-state index contributed by atoms with van der Waals surface area (Å²) in [6, 6.07) is 0. The Bertz CT molecular complexity index is 632. The van der Waals surface area contributed by atoms with Crippen LogP contribution in [0.5, 0.6) is 0 Å². The number of likely N-dealkylation sites (N-methyl/N-ethyl adjacent to an activating group) is 1. The Balaban J connectivity index is 3.78. The lowest BCUT2D eigenvalue weighted by Crippen LogP contribution is -2.38. The smallest absolute Gasteiger partial charge is 0.305 e. The van der Waals surface area contributed by atoms with E-state index in [4.69, 9.17) is 13.8 Å². The highest BCUT2D eigenvalue weighted by Gasteiger charge is 2.20. The first-order chi connectivity index (χ1) is 16.6. The summed E-state index contributed by atoms with van der Waals surface area (Å²) in [5, 5.41) is 9.33. The lowest BCUT2D eigenvalue weighted by molar-refractivity contribution is -0.870. The molecule has 1 unspecified atom stereocenters. The van der Waals surface area contributed by atoms with Gasteiger partial charge in [0.2, 0.25) is 0 Å². The van der Waals surface area contributed by atoms with Crippen molar-refractivity contribution < 1.29 is 37.6 Å². The Morgan fingerprint density at radius 1 is 0.971 bits per heavy atom. The van der Waals surface area contributed by atoms with Crippen molar-refractivity contribution in [2.24, 2.45) is 0 Å². The summed E-state index contributed by atoms with van der Waals surface area (Å²) in [7, 11) is 1.14. The molecule has 0 heterocycles. The van der Waals surface area contributed by atoms with Gasteiger partial charge in [-0.2, -0.15) is 0 Å². The van der Waals surface area contributed by atoms with Gasteiger partial charge < -0.3 is 28.3 Å². The number of carbonyl (C=O) groups is 1. The number of phosphoric ester groups is 1. The molecular formula is C26H50NO7P. The minimum atomic E-state index is -4.58. The number of esters is 1. The van der Waals surface area contributed by atoms with Gasteiger partial charge >= 0.3 is 5.97 Å². The van der Waals surface area contributed by atoms with Crippen LogP contribution in [0.25, 0.3) is 0 Å². The highest BCUT2D eigenvalue weighted by Crippen LogP contribution is 2.39. The molecule has 1 N–H and O–H groups in total. The second-order valence-corrected chi connectivity index (χ2v) is 11.2. The maximum atomic E-state index is 11.9. The summed E-state index contributed by atoms with van der Waals surface area (Å²) in [5.41, 5.74) is 0. The summed E-state index contributed by atoms with van der Waals surface area (Å²) in [6.45, 7) is 1.73. The van der Waals surface area contributed by atoms with E-state index in [2.05, 4.69) is 31.2 Å². The van der Waals surface area contributed by atoms with Crippen molar-refractivity contribution in [3.8, 4) is 0 Å². The molecule has 0 radical (unpaired) electrons. The number of hydrogen-bond donors (Lipinski definition) is 1. The fourth-order valence-electron chi connectivity index (χ4n) is 3.09. The SMILES string of the molecule is CCCCC/C=C\C/C=C\CCCCCCCC(=O)OC[C@H](CO)OP(=O)([O-])OCC[N+](C)(C)C. The number of ether oxygens (including phenoxy) is 1. The molecule has 8 nitrogen and oxygen atoms in total. The first-order valence-electron chi connectivity index (χ1n) is 13.1.